The molecule has 0 bridgehead atoms. The molecule has 0 fully saturated rings. The quantitative estimate of drug-likeness (QED) is 0.821. The summed E-state index contributed by atoms with van der Waals surface area (Å²) in [6.07, 6.45) is -2.91. The van der Waals surface area contributed by atoms with Gasteiger partial charge in [-0.25, -0.2) is 4.79 Å². The molecule has 1 aromatic carbocycles. The molecule has 0 unspecified atom stereocenters. The van der Waals surface area contributed by atoms with E-state index in [0.717, 1.165) is 12.1 Å². The molecule has 0 atom stereocenters. The first kappa shape index (κ1) is 19.5. The van der Waals surface area contributed by atoms with Gasteiger partial charge in [0.05, 0.1) is 24.9 Å². The lowest BCUT2D eigenvalue weighted by Crippen LogP contribution is -2.43. The molecule has 0 aliphatic rings. The van der Waals surface area contributed by atoms with Gasteiger partial charge in [0.1, 0.15) is 5.76 Å². The average molecular weight is 369 g/mol. The molecule has 0 spiro atoms. The number of rotatable bonds is 6. The number of carbonyl (C=O) groups excluding carboxylic acids is 2. The number of hydrogen-bond donors (Lipinski definition) is 2. The fraction of sp³-hybridized carbons (Fsp3) is 0.294. The predicted octanol–water partition coefficient (Wildman–Crippen LogP) is 2.76. The molecule has 6 nitrogen and oxygen atoms in total. The van der Waals surface area contributed by atoms with Gasteiger partial charge in [-0.2, -0.15) is 13.2 Å². The van der Waals surface area contributed by atoms with E-state index in [2.05, 4.69) is 10.6 Å². The van der Waals surface area contributed by atoms with Crippen molar-refractivity contribution in [1.29, 1.82) is 0 Å². The van der Waals surface area contributed by atoms with Crippen molar-refractivity contribution in [3.05, 3.63) is 59.5 Å². The molecule has 0 radical (unpaired) electrons. The molecule has 1 aromatic heterocycles. The Balaban J connectivity index is 1.75. The van der Waals surface area contributed by atoms with Crippen LogP contribution in [-0.4, -0.2) is 30.4 Å². The van der Waals surface area contributed by atoms with Crippen LogP contribution in [0.25, 0.3) is 0 Å². The van der Waals surface area contributed by atoms with Gasteiger partial charge in [-0.1, -0.05) is 12.1 Å². The highest BCUT2D eigenvalue weighted by Gasteiger charge is 2.29. The molecular formula is C17H18F3N3O3. The summed E-state index contributed by atoms with van der Waals surface area (Å²) in [7, 11) is 1.62. The summed E-state index contributed by atoms with van der Waals surface area (Å²) in [5.41, 5.74) is -0.106. The highest BCUT2D eigenvalue weighted by Crippen LogP contribution is 2.29. The zero-order valence-electron chi connectivity index (χ0n) is 14.0. The van der Waals surface area contributed by atoms with Crippen LogP contribution in [0, 0.1) is 0 Å². The van der Waals surface area contributed by atoms with Crippen LogP contribution in [0.3, 0.4) is 0 Å². The minimum atomic E-state index is -4.38. The summed E-state index contributed by atoms with van der Waals surface area (Å²) in [4.78, 5) is 25.0. The number of amides is 3. The number of benzene rings is 1. The SMILES string of the molecule is CN(CC(=O)NC(=O)NCc1ccco1)Cc1ccc(C(F)(F)F)cc1. The van der Waals surface area contributed by atoms with Crippen molar-refractivity contribution in [3.8, 4) is 0 Å². The normalized spacial score (nSPS) is 11.4. The summed E-state index contributed by atoms with van der Waals surface area (Å²) in [5, 5.41) is 4.64. The number of likely N-dealkylation sites (N-methyl/N-ethyl adjacent to an activating group) is 1. The predicted molar refractivity (Wildman–Crippen MR) is 86.9 cm³/mol. The molecule has 0 aliphatic heterocycles. The van der Waals surface area contributed by atoms with Crippen molar-refractivity contribution in [1.82, 2.24) is 15.5 Å². The highest BCUT2D eigenvalue weighted by atomic mass is 19.4. The third kappa shape index (κ3) is 6.25. The van der Waals surface area contributed by atoms with E-state index in [4.69, 9.17) is 4.42 Å². The molecule has 9 heteroatoms. The van der Waals surface area contributed by atoms with E-state index in [9.17, 15) is 22.8 Å². The van der Waals surface area contributed by atoms with Gasteiger partial charge in [-0.15, -0.1) is 0 Å². The smallest absolute Gasteiger partial charge is 0.416 e. The van der Waals surface area contributed by atoms with Crippen molar-refractivity contribution in [3.63, 3.8) is 0 Å². The Morgan fingerprint density at radius 2 is 1.85 bits per heavy atom. The van der Waals surface area contributed by atoms with Crippen molar-refractivity contribution in [2.45, 2.75) is 19.3 Å². The van der Waals surface area contributed by atoms with Crippen LogP contribution in [0.2, 0.25) is 0 Å². The number of alkyl halides is 3. The Labute approximate surface area is 148 Å². The Hall–Kier alpha value is -2.81. The first-order valence-corrected chi connectivity index (χ1v) is 7.69. The monoisotopic (exact) mass is 369 g/mol. The minimum absolute atomic E-state index is 0.0881. The van der Waals surface area contributed by atoms with Crippen molar-refractivity contribution in [2.24, 2.45) is 0 Å². The number of furan rings is 1. The number of nitrogens with one attached hydrogen (secondary N) is 2. The van der Waals surface area contributed by atoms with Gasteiger partial charge in [-0.05, 0) is 36.9 Å². The lowest BCUT2D eigenvalue weighted by molar-refractivity contribution is -0.137. The zero-order chi connectivity index (χ0) is 19.2. The fourth-order valence-corrected chi connectivity index (χ4v) is 2.20. The largest absolute Gasteiger partial charge is 0.467 e. The second kappa shape index (κ2) is 8.52. The van der Waals surface area contributed by atoms with Gasteiger partial charge in [-0.3, -0.25) is 15.0 Å². The van der Waals surface area contributed by atoms with Gasteiger partial charge < -0.3 is 9.73 Å². The van der Waals surface area contributed by atoms with Crippen LogP contribution in [-0.2, 0) is 24.1 Å². The topological polar surface area (TPSA) is 74.6 Å². The number of halogens is 3. The summed E-state index contributed by atoms with van der Waals surface area (Å²) < 4.78 is 42.6. The molecule has 26 heavy (non-hydrogen) atoms. The maximum absolute atomic E-state index is 12.5. The Kier molecular flexibility index (Phi) is 6.40. The van der Waals surface area contributed by atoms with Gasteiger partial charge in [0.15, 0.2) is 0 Å². The lowest BCUT2D eigenvalue weighted by Gasteiger charge is -2.16. The number of imide groups is 1. The minimum Gasteiger partial charge on any atom is -0.467 e. The van der Waals surface area contributed by atoms with Crippen molar-refractivity contribution in [2.75, 3.05) is 13.6 Å². The zero-order valence-corrected chi connectivity index (χ0v) is 14.0. The molecule has 2 rings (SSSR count). The molecule has 0 saturated heterocycles. The number of nitrogens with zero attached hydrogens (tertiary/aromatic N) is 1. The van der Waals surface area contributed by atoms with E-state index in [-0.39, 0.29) is 19.6 Å². The van der Waals surface area contributed by atoms with Crippen LogP contribution in [0.5, 0.6) is 0 Å². The molecule has 3 amide bonds. The molecule has 0 saturated carbocycles. The van der Waals surface area contributed by atoms with E-state index in [1.165, 1.54) is 18.4 Å². The Bertz CT molecular complexity index is 728. The van der Waals surface area contributed by atoms with E-state index in [1.54, 1.807) is 24.1 Å². The summed E-state index contributed by atoms with van der Waals surface area (Å²) in [6, 6.07) is 7.39. The van der Waals surface area contributed by atoms with Crippen LogP contribution in [0.1, 0.15) is 16.9 Å². The summed E-state index contributed by atoms with van der Waals surface area (Å²) >= 11 is 0. The number of urea groups is 1. The third-order valence-corrected chi connectivity index (χ3v) is 3.40. The van der Waals surface area contributed by atoms with E-state index in [0.29, 0.717) is 11.3 Å². The van der Waals surface area contributed by atoms with E-state index < -0.39 is 23.7 Å². The average Bonchev–Trinajstić information content (AvgIpc) is 3.05. The molecule has 2 aromatic rings. The van der Waals surface area contributed by atoms with Crippen LogP contribution in [0.4, 0.5) is 18.0 Å². The van der Waals surface area contributed by atoms with Crippen LogP contribution < -0.4 is 10.6 Å². The standard InChI is InChI=1S/C17H18F3N3O3/c1-23(10-12-4-6-13(7-5-12)17(18,19)20)11-15(24)22-16(25)21-9-14-3-2-8-26-14/h2-8H,9-11H2,1H3,(H2,21,22,24,25). The van der Waals surface area contributed by atoms with Gasteiger partial charge in [0, 0.05) is 6.54 Å². The van der Waals surface area contributed by atoms with Crippen LogP contribution in [0.15, 0.2) is 47.1 Å². The number of hydrogen-bond acceptors (Lipinski definition) is 4. The highest BCUT2D eigenvalue weighted by molar-refractivity contribution is 5.95. The molecule has 140 valence electrons. The van der Waals surface area contributed by atoms with Gasteiger partial charge in [0.25, 0.3) is 0 Å². The first-order chi connectivity index (χ1) is 12.2. The number of carbonyl (C=O) groups is 2. The van der Waals surface area contributed by atoms with Crippen molar-refractivity contribution >= 4 is 11.9 Å². The maximum atomic E-state index is 12.5. The molecule has 0 aliphatic carbocycles. The maximum Gasteiger partial charge on any atom is 0.416 e. The summed E-state index contributed by atoms with van der Waals surface area (Å²) in [6.45, 7) is 0.322. The van der Waals surface area contributed by atoms with Crippen LogP contribution >= 0.6 is 0 Å². The third-order valence-electron chi connectivity index (χ3n) is 3.40. The Morgan fingerprint density at radius 1 is 1.15 bits per heavy atom. The molecule has 1 heterocycles. The van der Waals surface area contributed by atoms with Gasteiger partial charge in [0.2, 0.25) is 5.91 Å². The second-order valence-corrected chi connectivity index (χ2v) is 5.68. The van der Waals surface area contributed by atoms with E-state index in [1.807, 2.05) is 0 Å². The van der Waals surface area contributed by atoms with E-state index >= 15 is 0 Å². The fourth-order valence-electron chi connectivity index (χ4n) is 2.20. The molecular weight excluding hydrogens is 351 g/mol. The molecule has 2 N–H and O–H groups in total. The first-order valence-electron chi connectivity index (χ1n) is 7.69. The van der Waals surface area contributed by atoms with Crippen molar-refractivity contribution < 1.29 is 27.2 Å². The lowest BCUT2D eigenvalue weighted by atomic mass is 10.1. The second-order valence-electron chi connectivity index (χ2n) is 5.68. The van der Waals surface area contributed by atoms with Gasteiger partial charge >= 0.3 is 12.2 Å². The summed E-state index contributed by atoms with van der Waals surface area (Å²) in [5.74, 6) is 0.0170. The Morgan fingerprint density at radius 3 is 2.42 bits per heavy atom.